The van der Waals surface area contributed by atoms with E-state index in [1.165, 1.54) is 0 Å². The lowest BCUT2D eigenvalue weighted by molar-refractivity contribution is 0.0949. The van der Waals surface area contributed by atoms with E-state index in [0.29, 0.717) is 18.5 Å². The highest BCUT2D eigenvalue weighted by Gasteiger charge is 2.17. The summed E-state index contributed by atoms with van der Waals surface area (Å²) in [5.74, 6) is 0.628. The van der Waals surface area contributed by atoms with Crippen LogP contribution in [0.25, 0.3) is 5.82 Å². The lowest BCUT2D eigenvalue weighted by Crippen LogP contribution is -2.39. The van der Waals surface area contributed by atoms with Gasteiger partial charge >= 0.3 is 0 Å². The molecule has 1 amide bonds. The number of amides is 1. The molecule has 0 aliphatic carbocycles. The smallest absolute Gasteiger partial charge is 0.254 e. The fraction of sp³-hybridized carbons (Fsp3) is 0.438. The van der Waals surface area contributed by atoms with Gasteiger partial charge in [0, 0.05) is 18.8 Å². The number of aromatic nitrogens is 3. The molecular weight excluding hydrogens is 349 g/mol. The predicted molar refractivity (Wildman–Crippen MR) is 101 cm³/mol. The lowest BCUT2D eigenvalue weighted by Gasteiger charge is -2.13. The van der Waals surface area contributed by atoms with Crippen molar-refractivity contribution in [1.29, 1.82) is 0 Å². The normalized spacial score (nSPS) is 11.1. The second-order valence-corrected chi connectivity index (χ2v) is 5.13. The minimum Gasteiger partial charge on any atom is -0.350 e. The summed E-state index contributed by atoms with van der Waals surface area (Å²) >= 11 is 0. The molecular formula is C16H25Cl2N5O. The molecule has 0 aromatic carbocycles. The minimum absolute atomic E-state index is 0. The largest absolute Gasteiger partial charge is 0.350 e. The Balaban J connectivity index is 0.00000264. The monoisotopic (exact) mass is 373 g/mol. The zero-order chi connectivity index (χ0) is 15.9. The highest BCUT2D eigenvalue weighted by molar-refractivity contribution is 5.95. The van der Waals surface area contributed by atoms with Gasteiger partial charge in [-0.1, -0.05) is 19.9 Å². The van der Waals surface area contributed by atoms with Crippen LogP contribution in [0.2, 0.25) is 0 Å². The van der Waals surface area contributed by atoms with Crippen molar-refractivity contribution in [3.05, 3.63) is 41.9 Å². The minimum atomic E-state index is -0.0937. The maximum absolute atomic E-state index is 12.4. The highest BCUT2D eigenvalue weighted by Crippen LogP contribution is 2.14. The first-order chi connectivity index (χ1) is 10.7. The second kappa shape index (κ2) is 11.0. The van der Waals surface area contributed by atoms with Crippen molar-refractivity contribution in [3.8, 4) is 5.82 Å². The number of halogens is 2. The molecule has 2 aromatic rings. The summed E-state index contributed by atoms with van der Waals surface area (Å²) in [5, 5.41) is 10.5. The molecule has 2 rings (SSSR count). The topological polar surface area (TPSA) is 71.8 Å². The number of hydrogen-bond donors (Lipinski definition) is 2. The third kappa shape index (κ3) is 5.47. The number of carbonyl (C=O) groups is 1. The Kier molecular flexibility index (Phi) is 10.3. The maximum Gasteiger partial charge on any atom is 0.254 e. The molecule has 2 aromatic heterocycles. The van der Waals surface area contributed by atoms with Crippen LogP contribution in [0.5, 0.6) is 0 Å². The molecule has 134 valence electrons. The van der Waals surface area contributed by atoms with Crippen molar-refractivity contribution in [3.63, 3.8) is 0 Å². The van der Waals surface area contributed by atoms with Crippen molar-refractivity contribution in [2.24, 2.45) is 0 Å². The molecule has 0 unspecified atom stereocenters. The number of carbonyl (C=O) groups excluding carboxylic acids is 1. The van der Waals surface area contributed by atoms with Crippen molar-refractivity contribution < 1.29 is 4.79 Å². The van der Waals surface area contributed by atoms with Crippen LogP contribution in [0.1, 0.15) is 36.8 Å². The zero-order valence-corrected chi connectivity index (χ0v) is 15.8. The first-order valence-electron chi connectivity index (χ1n) is 7.67. The predicted octanol–water partition coefficient (Wildman–Crippen LogP) is 2.40. The van der Waals surface area contributed by atoms with Crippen LogP contribution in [0.4, 0.5) is 0 Å². The van der Waals surface area contributed by atoms with E-state index in [9.17, 15) is 4.79 Å². The van der Waals surface area contributed by atoms with Gasteiger partial charge in [0.2, 0.25) is 0 Å². The van der Waals surface area contributed by atoms with Crippen LogP contribution in [-0.2, 0) is 6.42 Å². The molecule has 6 nitrogen and oxygen atoms in total. The number of hydrogen-bond acceptors (Lipinski definition) is 4. The molecule has 0 bridgehead atoms. The molecule has 0 saturated heterocycles. The van der Waals surface area contributed by atoms with E-state index in [1.54, 1.807) is 17.1 Å². The van der Waals surface area contributed by atoms with Gasteiger partial charge in [0.15, 0.2) is 5.82 Å². The Bertz CT molecular complexity index is 618. The summed E-state index contributed by atoms with van der Waals surface area (Å²) < 4.78 is 1.72. The van der Waals surface area contributed by atoms with Crippen LogP contribution in [0.3, 0.4) is 0 Å². The number of nitrogens with zero attached hydrogens (tertiary/aromatic N) is 3. The van der Waals surface area contributed by atoms with Gasteiger partial charge in [-0.25, -0.2) is 9.67 Å². The average molecular weight is 374 g/mol. The molecule has 1 atom stereocenters. The van der Waals surface area contributed by atoms with Gasteiger partial charge in [0.1, 0.15) is 0 Å². The Morgan fingerprint density at radius 3 is 2.62 bits per heavy atom. The Morgan fingerprint density at radius 1 is 1.29 bits per heavy atom. The van der Waals surface area contributed by atoms with E-state index < -0.39 is 0 Å². The van der Waals surface area contributed by atoms with Gasteiger partial charge in [0.05, 0.1) is 17.5 Å². The van der Waals surface area contributed by atoms with E-state index in [2.05, 4.69) is 20.7 Å². The van der Waals surface area contributed by atoms with Crippen LogP contribution in [0, 0.1) is 0 Å². The van der Waals surface area contributed by atoms with Gasteiger partial charge in [-0.15, -0.1) is 24.8 Å². The summed E-state index contributed by atoms with van der Waals surface area (Å²) in [5.41, 5.74) is 1.48. The van der Waals surface area contributed by atoms with Crippen molar-refractivity contribution >= 4 is 30.7 Å². The van der Waals surface area contributed by atoms with Gasteiger partial charge < -0.3 is 10.6 Å². The standard InChI is InChI=1S/C16H23N5O.2ClH/c1-4-14-13(16(22)19-10-12(3)17-5-2)11-20-21(14)15-8-6-7-9-18-15;;/h6-9,11-12,17H,4-5,10H2,1-3H3,(H,19,22);2*1H/t12-;;/m1../s1. The number of rotatable bonds is 7. The highest BCUT2D eigenvalue weighted by atomic mass is 35.5. The summed E-state index contributed by atoms with van der Waals surface area (Å²) in [6, 6.07) is 5.88. The second-order valence-electron chi connectivity index (χ2n) is 5.13. The Hall–Kier alpha value is -1.63. The van der Waals surface area contributed by atoms with E-state index in [-0.39, 0.29) is 36.8 Å². The molecule has 0 spiro atoms. The van der Waals surface area contributed by atoms with Crippen LogP contribution < -0.4 is 10.6 Å². The molecule has 2 N–H and O–H groups in total. The van der Waals surface area contributed by atoms with Crippen molar-refractivity contribution in [2.45, 2.75) is 33.2 Å². The van der Waals surface area contributed by atoms with E-state index in [1.807, 2.05) is 39.0 Å². The third-order valence-corrected chi connectivity index (χ3v) is 3.44. The van der Waals surface area contributed by atoms with Gasteiger partial charge in [-0.3, -0.25) is 4.79 Å². The van der Waals surface area contributed by atoms with E-state index >= 15 is 0 Å². The quantitative estimate of drug-likeness (QED) is 0.781. The first-order valence-corrected chi connectivity index (χ1v) is 7.67. The lowest BCUT2D eigenvalue weighted by atomic mass is 10.2. The Labute approximate surface area is 155 Å². The Morgan fingerprint density at radius 2 is 2.04 bits per heavy atom. The summed E-state index contributed by atoms with van der Waals surface area (Å²) in [7, 11) is 0. The van der Waals surface area contributed by atoms with Crippen LogP contribution >= 0.6 is 24.8 Å². The van der Waals surface area contributed by atoms with Crippen molar-refractivity contribution in [1.82, 2.24) is 25.4 Å². The summed E-state index contributed by atoms with van der Waals surface area (Å²) in [6.45, 7) is 7.57. The molecule has 0 aliphatic rings. The fourth-order valence-corrected chi connectivity index (χ4v) is 2.34. The molecule has 8 heteroatoms. The van der Waals surface area contributed by atoms with Crippen molar-refractivity contribution in [2.75, 3.05) is 13.1 Å². The van der Waals surface area contributed by atoms with Crippen LogP contribution in [0.15, 0.2) is 30.6 Å². The first kappa shape index (κ1) is 22.4. The van der Waals surface area contributed by atoms with Gasteiger partial charge in [0.25, 0.3) is 5.91 Å². The van der Waals surface area contributed by atoms with Gasteiger partial charge in [-0.05, 0) is 32.0 Å². The molecule has 24 heavy (non-hydrogen) atoms. The summed E-state index contributed by atoms with van der Waals surface area (Å²) in [4.78, 5) is 16.7. The summed E-state index contributed by atoms with van der Waals surface area (Å²) in [6.07, 6.45) is 4.04. The van der Waals surface area contributed by atoms with E-state index in [4.69, 9.17) is 0 Å². The third-order valence-electron chi connectivity index (χ3n) is 3.44. The molecule has 2 heterocycles. The molecule has 0 saturated carbocycles. The zero-order valence-electron chi connectivity index (χ0n) is 14.2. The van der Waals surface area contributed by atoms with Gasteiger partial charge in [-0.2, -0.15) is 5.10 Å². The number of pyridine rings is 1. The molecule has 0 fully saturated rings. The number of likely N-dealkylation sites (N-methyl/N-ethyl adjacent to an activating group) is 1. The maximum atomic E-state index is 12.4. The van der Waals surface area contributed by atoms with E-state index in [0.717, 1.165) is 18.1 Å². The molecule has 0 aliphatic heterocycles. The SMILES string of the molecule is CCN[C@H](C)CNC(=O)c1cnn(-c2ccccn2)c1CC.Cl.Cl. The van der Waals surface area contributed by atoms with Crippen LogP contribution in [-0.4, -0.2) is 39.8 Å². The molecule has 0 radical (unpaired) electrons. The number of nitrogens with one attached hydrogen (secondary N) is 2. The average Bonchev–Trinajstić information content (AvgIpc) is 2.97. The fourth-order valence-electron chi connectivity index (χ4n) is 2.34.